The number of amides is 1. The van der Waals surface area contributed by atoms with Gasteiger partial charge in [0.05, 0.1) is 13.2 Å². The number of carbonyl (C=O) groups excluding carboxylic acids is 1. The minimum atomic E-state index is 0.165. The molecule has 2 saturated heterocycles. The van der Waals surface area contributed by atoms with Gasteiger partial charge in [0.1, 0.15) is 0 Å². The first-order valence-electron chi connectivity index (χ1n) is 10.3. The van der Waals surface area contributed by atoms with Crippen LogP contribution in [0.2, 0.25) is 0 Å². The fourth-order valence-electron chi connectivity index (χ4n) is 3.91. The zero-order valence-electron chi connectivity index (χ0n) is 17.4. The average Bonchev–Trinajstić information content (AvgIpc) is 2.75. The number of thiocarbonyl (C=S) groups is 1. The summed E-state index contributed by atoms with van der Waals surface area (Å²) in [5.74, 6) is 0.165. The predicted molar refractivity (Wildman–Crippen MR) is 124 cm³/mol. The Labute approximate surface area is 183 Å². The van der Waals surface area contributed by atoms with Crippen LogP contribution in [0, 0.1) is 0 Å². The largest absolute Gasteiger partial charge is 0.379 e. The molecule has 0 bridgehead atoms. The van der Waals surface area contributed by atoms with Crippen LogP contribution in [0.4, 0.5) is 5.69 Å². The van der Waals surface area contributed by atoms with E-state index >= 15 is 0 Å². The van der Waals surface area contributed by atoms with Crippen molar-refractivity contribution in [1.29, 1.82) is 0 Å². The molecule has 6 nitrogen and oxygen atoms in total. The Morgan fingerprint density at radius 2 is 2.00 bits per heavy atom. The molecular formula is C21H32N4O2S2. The van der Waals surface area contributed by atoms with Gasteiger partial charge in [0, 0.05) is 62.8 Å². The molecule has 1 amide bonds. The van der Waals surface area contributed by atoms with Crippen molar-refractivity contribution in [1.82, 2.24) is 14.7 Å². The fraction of sp³-hybridized carbons (Fsp3) is 0.619. The second kappa shape index (κ2) is 11.2. The second-order valence-corrected chi connectivity index (χ2v) is 8.81. The first-order valence-corrected chi connectivity index (χ1v) is 12.0. The van der Waals surface area contributed by atoms with E-state index in [-0.39, 0.29) is 5.91 Å². The van der Waals surface area contributed by atoms with Crippen molar-refractivity contribution < 1.29 is 9.53 Å². The summed E-state index contributed by atoms with van der Waals surface area (Å²) in [6.45, 7) is 8.70. The van der Waals surface area contributed by atoms with Crippen LogP contribution in [0.25, 0.3) is 0 Å². The lowest BCUT2D eigenvalue weighted by molar-refractivity contribution is -0.130. The number of nitrogens with one attached hydrogen (secondary N) is 1. The zero-order chi connectivity index (χ0) is 20.6. The molecule has 2 heterocycles. The van der Waals surface area contributed by atoms with E-state index in [4.69, 9.17) is 17.0 Å². The van der Waals surface area contributed by atoms with Gasteiger partial charge in [0.25, 0.3) is 0 Å². The minimum Gasteiger partial charge on any atom is -0.379 e. The Morgan fingerprint density at radius 1 is 1.28 bits per heavy atom. The monoisotopic (exact) mass is 436 g/mol. The number of thioether (sulfide) groups is 1. The summed E-state index contributed by atoms with van der Waals surface area (Å²) < 4.78 is 5.47. The van der Waals surface area contributed by atoms with Crippen molar-refractivity contribution in [2.45, 2.75) is 30.7 Å². The van der Waals surface area contributed by atoms with Crippen LogP contribution in [0.5, 0.6) is 0 Å². The molecule has 0 aromatic heterocycles. The molecule has 2 fully saturated rings. The smallest absolute Gasteiger partial charge is 0.219 e. The molecule has 1 aromatic rings. The van der Waals surface area contributed by atoms with E-state index in [1.165, 1.54) is 4.90 Å². The van der Waals surface area contributed by atoms with Crippen molar-refractivity contribution >= 4 is 40.7 Å². The molecule has 8 heteroatoms. The van der Waals surface area contributed by atoms with Crippen LogP contribution in [-0.4, -0.2) is 90.5 Å². The highest BCUT2D eigenvalue weighted by Crippen LogP contribution is 2.22. The molecule has 1 N–H and O–H groups in total. The number of morpholine rings is 1. The van der Waals surface area contributed by atoms with Gasteiger partial charge in [-0.2, -0.15) is 0 Å². The maximum atomic E-state index is 11.7. The average molecular weight is 437 g/mol. The van der Waals surface area contributed by atoms with E-state index in [2.05, 4.69) is 45.6 Å². The lowest BCUT2D eigenvalue weighted by atomic mass is 10.0. The molecule has 1 aromatic carbocycles. The third-order valence-electron chi connectivity index (χ3n) is 5.69. The molecular weight excluding hydrogens is 404 g/mol. The van der Waals surface area contributed by atoms with Crippen LogP contribution < -0.4 is 5.32 Å². The summed E-state index contributed by atoms with van der Waals surface area (Å²) in [6, 6.07) is 8.71. The number of anilines is 1. The molecule has 3 rings (SSSR count). The number of hydrogen-bond acceptors (Lipinski definition) is 5. The molecule has 0 aliphatic carbocycles. The van der Waals surface area contributed by atoms with Gasteiger partial charge in [0.15, 0.2) is 5.11 Å². The predicted octanol–water partition coefficient (Wildman–Crippen LogP) is 2.75. The molecule has 29 heavy (non-hydrogen) atoms. The number of benzene rings is 1. The molecule has 0 unspecified atom stereocenters. The highest BCUT2D eigenvalue weighted by Gasteiger charge is 2.27. The second-order valence-electron chi connectivity index (χ2n) is 7.55. The quantitative estimate of drug-likeness (QED) is 0.543. The van der Waals surface area contributed by atoms with Gasteiger partial charge >= 0.3 is 0 Å². The number of nitrogens with zero attached hydrogens (tertiary/aromatic N) is 3. The Hall–Kier alpha value is -1.35. The van der Waals surface area contributed by atoms with Gasteiger partial charge in [-0.25, -0.2) is 0 Å². The number of carbonyl (C=O) groups is 1. The number of piperidine rings is 1. The molecule has 2 aliphatic heterocycles. The summed E-state index contributed by atoms with van der Waals surface area (Å²) >= 11 is 7.58. The number of ether oxygens (including phenoxy) is 1. The molecule has 0 saturated carbocycles. The van der Waals surface area contributed by atoms with Gasteiger partial charge in [-0.3, -0.25) is 9.69 Å². The molecule has 0 radical (unpaired) electrons. The highest BCUT2D eigenvalue weighted by atomic mass is 32.2. The number of hydrogen-bond donors (Lipinski definition) is 1. The topological polar surface area (TPSA) is 48.0 Å². The first kappa shape index (κ1) is 22.3. The van der Waals surface area contributed by atoms with Crippen molar-refractivity contribution in [3.63, 3.8) is 0 Å². The Bertz CT molecular complexity index is 689. The summed E-state index contributed by atoms with van der Waals surface area (Å²) in [4.78, 5) is 19.6. The van der Waals surface area contributed by atoms with Crippen LogP contribution in [0.1, 0.15) is 19.8 Å². The van der Waals surface area contributed by atoms with E-state index < -0.39 is 0 Å². The number of likely N-dealkylation sites (tertiary alicyclic amines) is 1. The zero-order valence-corrected chi connectivity index (χ0v) is 19.1. The molecule has 0 atom stereocenters. The van der Waals surface area contributed by atoms with E-state index in [0.29, 0.717) is 6.04 Å². The lowest BCUT2D eigenvalue weighted by Gasteiger charge is -2.40. The van der Waals surface area contributed by atoms with Crippen LogP contribution in [0.15, 0.2) is 29.2 Å². The lowest BCUT2D eigenvalue weighted by Crippen LogP contribution is -2.52. The summed E-state index contributed by atoms with van der Waals surface area (Å²) in [5.41, 5.74) is 1.03. The van der Waals surface area contributed by atoms with Crippen LogP contribution >= 0.6 is 24.0 Å². The van der Waals surface area contributed by atoms with Gasteiger partial charge < -0.3 is 19.9 Å². The Balaban J connectivity index is 1.65. The van der Waals surface area contributed by atoms with Crippen molar-refractivity contribution in [2.24, 2.45) is 0 Å². The van der Waals surface area contributed by atoms with Gasteiger partial charge in [0.2, 0.25) is 5.91 Å². The third kappa shape index (κ3) is 6.57. The minimum absolute atomic E-state index is 0.165. The maximum Gasteiger partial charge on any atom is 0.219 e. The summed E-state index contributed by atoms with van der Waals surface area (Å²) in [7, 11) is 0. The maximum absolute atomic E-state index is 11.7. The van der Waals surface area contributed by atoms with E-state index in [1.807, 2.05) is 4.90 Å². The standard InChI is InChI=1S/C21H32N4O2S2/c1-17(26)24-8-6-19(7-9-24)25(11-10-23-12-14-27-15-13-23)21(28)22-18-4-3-5-20(16-18)29-2/h3-5,16,19H,6-15H2,1-2H3,(H,22,28). The van der Waals surface area contributed by atoms with Crippen molar-refractivity contribution in [2.75, 3.05) is 64.1 Å². The number of rotatable bonds is 6. The van der Waals surface area contributed by atoms with E-state index in [0.717, 1.165) is 76.1 Å². The first-order chi connectivity index (χ1) is 14.1. The van der Waals surface area contributed by atoms with E-state index in [1.54, 1.807) is 18.7 Å². The fourth-order valence-corrected chi connectivity index (χ4v) is 4.73. The van der Waals surface area contributed by atoms with Gasteiger partial charge in [-0.15, -0.1) is 11.8 Å². The molecule has 2 aliphatic rings. The summed E-state index contributed by atoms with van der Waals surface area (Å²) in [6.07, 6.45) is 3.99. The normalized spacial score (nSPS) is 18.5. The van der Waals surface area contributed by atoms with Crippen LogP contribution in [-0.2, 0) is 9.53 Å². The highest BCUT2D eigenvalue weighted by molar-refractivity contribution is 7.98. The van der Waals surface area contributed by atoms with Crippen LogP contribution in [0.3, 0.4) is 0 Å². The molecule has 0 spiro atoms. The third-order valence-corrected chi connectivity index (χ3v) is 6.76. The Morgan fingerprint density at radius 3 is 2.66 bits per heavy atom. The van der Waals surface area contributed by atoms with Gasteiger partial charge in [-0.05, 0) is 49.5 Å². The molecule has 160 valence electrons. The van der Waals surface area contributed by atoms with Crippen molar-refractivity contribution in [3.05, 3.63) is 24.3 Å². The SMILES string of the molecule is CSc1cccc(NC(=S)N(CCN2CCOCC2)C2CCN(C(C)=O)CC2)c1. The Kier molecular flexibility index (Phi) is 8.59. The van der Waals surface area contributed by atoms with E-state index in [9.17, 15) is 4.79 Å². The van der Waals surface area contributed by atoms with Crippen molar-refractivity contribution in [3.8, 4) is 0 Å². The van der Waals surface area contributed by atoms with Gasteiger partial charge in [-0.1, -0.05) is 6.07 Å². The summed E-state index contributed by atoms with van der Waals surface area (Å²) in [5, 5.41) is 4.23.